The van der Waals surface area contributed by atoms with Crippen molar-refractivity contribution in [2.24, 2.45) is 5.92 Å². The van der Waals surface area contributed by atoms with Gasteiger partial charge in [-0.05, 0) is 19.1 Å². The molecular formula is C18H24N2O4. The zero-order valence-electron chi connectivity index (χ0n) is 14.4. The summed E-state index contributed by atoms with van der Waals surface area (Å²) in [4.78, 5) is 39.0. The van der Waals surface area contributed by atoms with Crippen LogP contribution in [0.3, 0.4) is 0 Å². The Morgan fingerprint density at radius 1 is 1.38 bits per heavy atom. The molecule has 130 valence electrons. The normalized spacial score (nSPS) is 18.2. The van der Waals surface area contributed by atoms with Crippen LogP contribution in [0.2, 0.25) is 0 Å². The van der Waals surface area contributed by atoms with E-state index in [1.54, 1.807) is 24.0 Å². The van der Waals surface area contributed by atoms with Gasteiger partial charge < -0.3 is 9.32 Å². The maximum Gasteiger partial charge on any atom is 0.251 e. The molecule has 0 radical (unpaired) electrons. The van der Waals surface area contributed by atoms with Crippen molar-refractivity contribution in [2.75, 3.05) is 18.0 Å². The van der Waals surface area contributed by atoms with E-state index in [-0.39, 0.29) is 23.5 Å². The van der Waals surface area contributed by atoms with Crippen molar-refractivity contribution >= 4 is 23.5 Å². The summed E-state index contributed by atoms with van der Waals surface area (Å²) >= 11 is 0. The van der Waals surface area contributed by atoms with E-state index in [1.165, 1.54) is 11.0 Å². The first-order valence-corrected chi connectivity index (χ1v) is 8.21. The summed E-state index contributed by atoms with van der Waals surface area (Å²) in [5.74, 6) is 0.915. The molecular weight excluding hydrogens is 308 g/mol. The standard InChI is InChI=1S/C18H24N2O4/c1-5-16(22)19-10-11-20(18(23)13(19)4)17-9-7-14(24-17)6-8-15(21)12(2)3/h5,7,9,12-13H,1,6,8,10-11H2,2-4H3/t13-/m0/s1. The monoisotopic (exact) mass is 332 g/mol. The van der Waals surface area contributed by atoms with Crippen molar-refractivity contribution < 1.29 is 18.8 Å². The minimum Gasteiger partial charge on any atom is -0.445 e. The molecule has 0 bridgehead atoms. The zero-order chi connectivity index (χ0) is 17.9. The third-order valence-corrected chi connectivity index (χ3v) is 4.29. The van der Waals surface area contributed by atoms with Crippen LogP contribution in [0.15, 0.2) is 29.2 Å². The van der Waals surface area contributed by atoms with Crippen LogP contribution in [0, 0.1) is 5.92 Å². The highest BCUT2D eigenvalue weighted by atomic mass is 16.4. The molecule has 2 amide bonds. The van der Waals surface area contributed by atoms with Gasteiger partial charge in [0, 0.05) is 37.9 Å². The Labute approximate surface area is 142 Å². The van der Waals surface area contributed by atoms with Crippen molar-refractivity contribution in [3.63, 3.8) is 0 Å². The number of carbonyl (C=O) groups excluding carboxylic acids is 3. The molecule has 0 aliphatic carbocycles. The van der Waals surface area contributed by atoms with Crippen LogP contribution >= 0.6 is 0 Å². The Balaban J connectivity index is 2.03. The first-order valence-electron chi connectivity index (χ1n) is 8.21. The van der Waals surface area contributed by atoms with Gasteiger partial charge in [-0.15, -0.1) is 0 Å². The van der Waals surface area contributed by atoms with E-state index in [9.17, 15) is 14.4 Å². The molecule has 24 heavy (non-hydrogen) atoms. The number of Topliss-reactive ketones (excluding diaryl/α,β-unsaturated/α-hetero) is 1. The fraction of sp³-hybridized carbons (Fsp3) is 0.500. The van der Waals surface area contributed by atoms with Crippen molar-refractivity contribution in [2.45, 2.75) is 39.7 Å². The molecule has 0 spiro atoms. The average Bonchev–Trinajstić information content (AvgIpc) is 3.02. The number of piperazine rings is 1. The third-order valence-electron chi connectivity index (χ3n) is 4.29. The number of anilines is 1. The minimum absolute atomic E-state index is 0.0114. The van der Waals surface area contributed by atoms with Crippen molar-refractivity contribution in [3.8, 4) is 0 Å². The number of ketones is 1. The lowest BCUT2D eigenvalue weighted by Crippen LogP contribution is -2.57. The summed E-state index contributed by atoms with van der Waals surface area (Å²) in [5, 5.41) is 0. The molecule has 1 aliphatic heterocycles. The van der Waals surface area contributed by atoms with Gasteiger partial charge in [0.05, 0.1) is 0 Å². The Kier molecular flexibility index (Phi) is 5.59. The van der Waals surface area contributed by atoms with Gasteiger partial charge in [-0.1, -0.05) is 20.4 Å². The molecule has 1 aliphatic rings. The topological polar surface area (TPSA) is 70.8 Å². The number of hydrogen-bond donors (Lipinski definition) is 0. The second-order valence-electron chi connectivity index (χ2n) is 6.26. The van der Waals surface area contributed by atoms with Gasteiger partial charge in [-0.3, -0.25) is 19.3 Å². The van der Waals surface area contributed by atoms with Crippen LogP contribution in [0.5, 0.6) is 0 Å². The first-order chi connectivity index (χ1) is 11.3. The van der Waals surface area contributed by atoms with Crippen molar-refractivity contribution in [1.29, 1.82) is 0 Å². The van der Waals surface area contributed by atoms with Gasteiger partial charge in [0.25, 0.3) is 5.91 Å². The van der Waals surface area contributed by atoms with Gasteiger partial charge in [0.2, 0.25) is 11.8 Å². The van der Waals surface area contributed by atoms with Crippen LogP contribution in [0.1, 0.15) is 33.0 Å². The second kappa shape index (κ2) is 7.47. The van der Waals surface area contributed by atoms with E-state index in [1.807, 2.05) is 13.8 Å². The minimum atomic E-state index is -0.555. The zero-order valence-corrected chi connectivity index (χ0v) is 14.4. The van der Waals surface area contributed by atoms with Gasteiger partial charge in [0.1, 0.15) is 17.6 Å². The summed E-state index contributed by atoms with van der Waals surface area (Å²) in [7, 11) is 0. The summed E-state index contributed by atoms with van der Waals surface area (Å²) in [5.41, 5.74) is 0. The molecule has 1 aromatic rings. The molecule has 1 fully saturated rings. The van der Waals surface area contributed by atoms with Crippen LogP contribution in [0.4, 0.5) is 5.88 Å². The Morgan fingerprint density at radius 3 is 2.71 bits per heavy atom. The number of aryl methyl sites for hydroxylation is 1. The van der Waals surface area contributed by atoms with Gasteiger partial charge in [0.15, 0.2) is 0 Å². The molecule has 1 aromatic heterocycles. The average molecular weight is 332 g/mol. The summed E-state index contributed by atoms with van der Waals surface area (Å²) in [6.07, 6.45) is 2.17. The van der Waals surface area contributed by atoms with Crippen molar-refractivity contribution in [1.82, 2.24) is 4.90 Å². The van der Waals surface area contributed by atoms with Gasteiger partial charge in [-0.25, -0.2) is 0 Å². The first kappa shape index (κ1) is 18.0. The summed E-state index contributed by atoms with van der Waals surface area (Å²) in [6.45, 7) is 9.71. The van der Waals surface area contributed by atoms with Crippen LogP contribution in [-0.4, -0.2) is 41.6 Å². The van der Waals surface area contributed by atoms with E-state index < -0.39 is 6.04 Å². The lowest BCUT2D eigenvalue weighted by Gasteiger charge is -2.37. The van der Waals surface area contributed by atoms with Crippen LogP contribution < -0.4 is 4.90 Å². The van der Waals surface area contributed by atoms with Crippen molar-refractivity contribution in [3.05, 3.63) is 30.5 Å². The Hall–Kier alpha value is -2.37. The summed E-state index contributed by atoms with van der Waals surface area (Å²) in [6, 6.07) is 2.98. The predicted octanol–water partition coefficient (Wildman–Crippen LogP) is 2.19. The summed E-state index contributed by atoms with van der Waals surface area (Å²) < 4.78 is 5.72. The molecule has 2 rings (SSSR count). The highest BCUT2D eigenvalue weighted by molar-refractivity contribution is 6.00. The molecule has 0 aromatic carbocycles. The quantitative estimate of drug-likeness (QED) is 0.749. The molecule has 1 saturated heterocycles. The highest BCUT2D eigenvalue weighted by Crippen LogP contribution is 2.24. The second-order valence-corrected chi connectivity index (χ2v) is 6.26. The number of carbonyl (C=O) groups is 3. The number of hydrogen-bond acceptors (Lipinski definition) is 4. The lowest BCUT2D eigenvalue weighted by atomic mass is 10.0. The van der Waals surface area contributed by atoms with E-state index >= 15 is 0 Å². The number of furan rings is 1. The molecule has 6 nitrogen and oxygen atoms in total. The highest BCUT2D eigenvalue weighted by Gasteiger charge is 2.35. The van der Waals surface area contributed by atoms with E-state index in [2.05, 4.69) is 6.58 Å². The van der Waals surface area contributed by atoms with E-state index in [4.69, 9.17) is 4.42 Å². The lowest BCUT2D eigenvalue weighted by molar-refractivity contribution is -0.137. The largest absolute Gasteiger partial charge is 0.445 e. The Bertz CT molecular complexity index is 647. The van der Waals surface area contributed by atoms with Crippen LogP contribution in [-0.2, 0) is 20.8 Å². The van der Waals surface area contributed by atoms with E-state index in [0.717, 1.165) is 0 Å². The molecule has 1 atom stereocenters. The number of rotatable bonds is 6. The van der Waals surface area contributed by atoms with E-state index in [0.29, 0.717) is 37.6 Å². The van der Waals surface area contributed by atoms with Crippen LogP contribution in [0.25, 0.3) is 0 Å². The molecule has 2 heterocycles. The smallest absolute Gasteiger partial charge is 0.251 e. The number of amides is 2. The third kappa shape index (κ3) is 3.75. The Morgan fingerprint density at radius 2 is 2.08 bits per heavy atom. The van der Waals surface area contributed by atoms with Gasteiger partial charge >= 0.3 is 0 Å². The maximum atomic E-state index is 12.5. The fourth-order valence-electron chi connectivity index (χ4n) is 2.69. The van der Waals surface area contributed by atoms with Gasteiger partial charge in [-0.2, -0.15) is 0 Å². The molecule has 6 heteroatoms. The maximum absolute atomic E-state index is 12.5. The molecule has 0 N–H and O–H groups in total. The number of nitrogens with zero attached hydrogens (tertiary/aromatic N) is 2. The SMILES string of the molecule is C=CC(=O)N1CCN(c2ccc(CCC(=O)C(C)C)o2)C(=O)[C@@H]1C. The molecule has 0 saturated carbocycles. The molecule has 0 unspecified atom stereocenters. The predicted molar refractivity (Wildman–Crippen MR) is 90.6 cm³/mol. The fourth-order valence-corrected chi connectivity index (χ4v) is 2.69.